The molecule has 3 unspecified atom stereocenters. The first-order valence-electron chi connectivity index (χ1n) is 10.7. The molecular weight excluding hydrogens is 382 g/mol. The van der Waals surface area contributed by atoms with Gasteiger partial charge in [-0.25, -0.2) is 4.79 Å². The van der Waals surface area contributed by atoms with Crippen molar-refractivity contribution in [2.24, 2.45) is 11.1 Å². The topological polar surface area (TPSA) is 102 Å². The van der Waals surface area contributed by atoms with Gasteiger partial charge in [-0.3, -0.25) is 20.2 Å². The van der Waals surface area contributed by atoms with Crippen LogP contribution in [0.1, 0.15) is 63.7 Å². The zero-order valence-electron chi connectivity index (χ0n) is 18.5. The second-order valence-corrected chi connectivity index (χ2v) is 8.91. The van der Waals surface area contributed by atoms with Crippen molar-refractivity contribution >= 4 is 17.7 Å². The maximum absolute atomic E-state index is 12.4. The van der Waals surface area contributed by atoms with Gasteiger partial charge in [0.05, 0.1) is 6.54 Å². The molecule has 1 saturated heterocycles. The van der Waals surface area contributed by atoms with Gasteiger partial charge in [0, 0.05) is 29.6 Å². The molecule has 1 fully saturated rings. The number of likely N-dealkylation sites (tertiary alicyclic amines) is 1. The zero-order valence-corrected chi connectivity index (χ0v) is 18.5. The lowest BCUT2D eigenvalue weighted by Gasteiger charge is -2.38. The van der Waals surface area contributed by atoms with Crippen LogP contribution in [0.15, 0.2) is 30.3 Å². The molecule has 166 valence electrons. The molecule has 1 aliphatic heterocycles. The van der Waals surface area contributed by atoms with E-state index in [4.69, 9.17) is 10.5 Å². The predicted molar refractivity (Wildman–Crippen MR) is 116 cm³/mol. The molecule has 0 aliphatic carbocycles. The highest BCUT2D eigenvalue weighted by Crippen LogP contribution is 2.25. The first-order valence-corrected chi connectivity index (χ1v) is 10.7. The van der Waals surface area contributed by atoms with Gasteiger partial charge in [-0.15, -0.1) is 0 Å². The fourth-order valence-corrected chi connectivity index (χ4v) is 3.71. The number of ether oxygens (including phenoxy) is 1. The smallest absolute Gasteiger partial charge is 0.381 e. The van der Waals surface area contributed by atoms with Crippen molar-refractivity contribution in [3.05, 3.63) is 35.9 Å². The van der Waals surface area contributed by atoms with Crippen molar-refractivity contribution in [3.63, 3.8) is 0 Å². The molecule has 3 atom stereocenters. The first-order chi connectivity index (χ1) is 14.1. The SMILES string of the molecule is CC1CCCC(C)N1CC(=O)NCCC(C)(C)C(N)OC(=O)C(=O)c1ccccc1. The van der Waals surface area contributed by atoms with Crippen molar-refractivity contribution in [1.29, 1.82) is 0 Å². The second-order valence-electron chi connectivity index (χ2n) is 8.91. The molecule has 0 spiro atoms. The minimum absolute atomic E-state index is 0.0174. The highest BCUT2D eigenvalue weighted by molar-refractivity contribution is 6.40. The van der Waals surface area contributed by atoms with Gasteiger partial charge < -0.3 is 10.1 Å². The summed E-state index contributed by atoms with van der Waals surface area (Å²) in [4.78, 5) is 38.9. The van der Waals surface area contributed by atoms with Crippen LogP contribution in [-0.2, 0) is 14.3 Å². The lowest BCUT2D eigenvalue weighted by molar-refractivity contribution is -0.149. The molecular formula is C23H35N3O4. The van der Waals surface area contributed by atoms with Crippen LogP contribution in [-0.4, -0.2) is 54.0 Å². The third kappa shape index (κ3) is 6.64. The molecule has 0 saturated carbocycles. The summed E-state index contributed by atoms with van der Waals surface area (Å²) in [5, 5.41) is 2.94. The van der Waals surface area contributed by atoms with Crippen molar-refractivity contribution in [2.45, 2.75) is 71.7 Å². The number of rotatable bonds is 9. The number of hydrogen-bond donors (Lipinski definition) is 2. The standard InChI is InChI=1S/C23H35N3O4/c1-16-9-8-10-17(2)26(16)15-19(27)25-14-13-23(3,4)22(24)30-21(29)20(28)18-11-6-5-7-12-18/h5-7,11-12,16-17,22H,8-10,13-15,24H2,1-4H3,(H,25,27). The Labute approximate surface area is 179 Å². The number of nitrogens with one attached hydrogen (secondary N) is 1. The Bertz CT molecular complexity index is 725. The van der Waals surface area contributed by atoms with E-state index in [1.807, 2.05) is 13.8 Å². The lowest BCUT2D eigenvalue weighted by Crippen LogP contribution is -2.49. The first kappa shape index (κ1) is 24.0. The molecule has 0 aromatic heterocycles. The van der Waals surface area contributed by atoms with Crippen LogP contribution in [0.25, 0.3) is 0 Å². The monoisotopic (exact) mass is 417 g/mol. The predicted octanol–water partition coefficient (Wildman–Crippen LogP) is 2.49. The summed E-state index contributed by atoms with van der Waals surface area (Å²) in [6, 6.07) is 9.05. The van der Waals surface area contributed by atoms with E-state index in [-0.39, 0.29) is 11.5 Å². The van der Waals surface area contributed by atoms with Crippen LogP contribution >= 0.6 is 0 Å². The average molecular weight is 418 g/mol. The number of piperidine rings is 1. The van der Waals surface area contributed by atoms with Gasteiger partial charge in [-0.1, -0.05) is 50.6 Å². The highest BCUT2D eigenvalue weighted by Gasteiger charge is 2.32. The number of nitrogens with two attached hydrogens (primary N) is 1. The maximum atomic E-state index is 12.4. The Balaban J connectivity index is 1.78. The van der Waals surface area contributed by atoms with Crippen molar-refractivity contribution < 1.29 is 19.1 Å². The van der Waals surface area contributed by atoms with Crippen LogP contribution in [0, 0.1) is 5.41 Å². The van der Waals surface area contributed by atoms with E-state index >= 15 is 0 Å². The molecule has 1 aliphatic rings. The van der Waals surface area contributed by atoms with E-state index in [2.05, 4.69) is 24.1 Å². The summed E-state index contributed by atoms with van der Waals surface area (Å²) < 4.78 is 5.21. The molecule has 0 radical (unpaired) electrons. The Morgan fingerprint density at radius 3 is 2.37 bits per heavy atom. The number of ketones is 1. The van der Waals surface area contributed by atoms with E-state index in [9.17, 15) is 14.4 Å². The van der Waals surface area contributed by atoms with Crippen LogP contribution in [0.5, 0.6) is 0 Å². The number of nitrogens with zero attached hydrogens (tertiary/aromatic N) is 1. The van der Waals surface area contributed by atoms with E-state index in [1.54, 1.807) is 30.3 Å². The highest BCUT2D eigenvalue weighted by atomic mass is 16.6. The van der Waals surface area contributed by atoms with Crippen molar-refractivity contribution in [2.75, 3.05) is 13.1 Å². The van der Waals surface area contributed by atoms with Crippen LogP contribution < -0.4 is 11.1 Å². The van der Waals surface area contributed by atoms with Gasteiger partial charge in [0.1, 0.15) is 0 Å². The Morgan fingerprint density at radius 1 is 1.17 bits per heavy atom. The lowest BCUT2D eigenvalue weighted by atomic mass is 9.87. The third-order valence-corrected chi connectivity index (χ3v) is 6.02. The van der Waals surface area contributed by atoms with E-state index in [0.29, 0.717) is 31.6 Å². The Kier molecular flexibility index (Phi) is 8.55. The summed E-state index contributed by atoms with van der Waals surface area (Å²) in [7, 11) is 0. The summed E-state index contributed by atoms with van der Waals surface area (Å²) in [6.07, 6.45) is 2.99. The fraction of sp³-hybridized carbons (Fsp3) is 0.609. The van der Waals surface area contributed by atoms with E-state index < -0.39 is 23.4 Å². The maximum Gasteiger partial charge on any atom is 0.381 e. The minimum Gasteiger partial charge on any atom is -0.440 e. The van der Waals surface area contributed by atoms with Crippen LogP contribution in [0.2, 0.25) is 0 Å². The number of carbonyl (C=O) groups excluding carboxylic acids is 3. The van der Waals surface area contributed by atoms with Gasteiger partial charge in [0.25, 0.3) is 5.78 Å². The summed E-state index contributed by atoms with van der Waals surface area (Å²) in [6.45, 7) is 8.82. The number of Topliss-reactive ketones (excluding diaryl/α,β-unsaturated/α-hetero) is 1. The second kappa shape index (κ2) is 10.7. The molecule has 2 rings (SSSR count). The van der Waals surface area contributed by atoms with Gasteiger partial charge in [0.2, 0.25) is 5.91 Å². The number of carbonyl (C=O) groups is 3. The van der Waals surface area contributed by atoms with Crippen LogP contribution in [0.3, 0.4) is 0 Å². The minimum atomic E-state index is -0.973. The largest absolute Gasteiger partial charge is 0.440 e. The number of amides is 1. The molecule has 0 bridgehead atoms. The normalized spacial score (nSPS) is 21.0. The molecule has 1 aromatic carbocycles. The van der Waals surface area contributed by atoms with Crippen LogP contribution in [0.4, 0.5) is 0 Å². The number of hydrogen-bond acceptors (Lipinski definition) is 6. The van der Waals surface area contributed by atoms with Gasteiger partial charge in [-0.2, -0.15) is 0 Å². The van der Waals surface area contributed by atoms with E-state index in [0.717, 1.165) is 12.8 Å². The van der Waals surface area contributed by atoms with Gasteiger partial charge in [-0.05, 0) is 33.1 Å². The van der Waals surface area contributed by atoms with Crippen molar-refractivity contribution in [1.82, 2.24) is 10.2 Å². The molecule has 7 heteroatoms. The summed E-state index contributed by atoms with van der Waals surface area (Å²) >= 11 is 0. The average Bonchev–Trinajstić information content (AvgIpc) is 2.70. The summed E-state index contributed by atoms with van der Waals surface area (Å²) in [5.41, 5.74) is 5.71. The number of esters is 1. The quantitative estimate of drug-likeness (QED) is 0.277. The Morgan fingerprint density at radius 2 is 1.77 bits per heavy atom. The molecule has 1 aromatic rings. The molecule has 1 heterocycles. The molecule has 30 heavy (non-hydrogen) atoms. The molecule has 1 amide bonds. The molecule has 3 N–H and O–H groups in total. The fourth-order valence-electron chi connectivity index (χ4n) is 3.71. The third-order valence-electron chi connectivity index (χ3n) is 6.02. The number of benzene rings is 1. The van der Waals surface area contributed by atoms with Gasteiger partial charge >= 0.3 is 5.97 Å². The zero-order chi connectivity index (χ0) is 22.3. The molecule has 7 nitrogen and oxygen atoms in total. The summed E-state index contributed by atoms with van der Waals surface area (Å²) in [5.74, 6) is -1.71. The van der Waals surface area contributed by atoms with E-state index in [1.165, 1.54) is 6.42 Å². The van der Waals surface area contributed by atoms with Crippen molar-refractivity contribution in [3.8, 4) is 0 Å². The van der Waals surface area contributed by atoms with Gasteiger partial charge in [0.15, 0.2) is 6.23 Å². The Hall–Kier alpha value is -2.25.